The molecule has 0 aliphatic rings. The standard InChI is InChI=1S/C9H12O7/c10-6-4(8(13)14)1-3(7(11)12)2-5(6)9(15)16/h1-2,7-16H. The number of phenolic OH excluding ortho intramolecular Hbond substituents is 1. The number of phenols is 1. The van der Waals surface area contributed by atoms with Crippen molar-refractivity contribution in [3.63, 3.8) is 0 Å². The second-order valence-electron chi connectivity index (χ2n) is 3.17. The van der Waals surface area contributed by atoms with E-state index in [9.17, 15) is 5.11 Å². The molecule has 1 aromatic rings. The molecule has 0 unspecified atom stereocenters. The summed E-state index contributed by atoms with van der Waals surface area (Å²) in [6.45, 7) is 0. The maximum Gasteiger partial charge on any atom is 0.182 e. The molecule has 0 aliphatic heterocycles. The molecule has 0 radical (unpaired) electrons. The zero-order chi connectivity index (χ0) is 12.5. The van der Waals surface area contributed by atoms with Crippen molar-refractivity contribution in [2.45, 2.75) is 18.9 Å². The van der Waals surface area contributed by atoms with Crippen LogP contribution in [-0.2, 0) is 0 Å². The smallest absolute Gasteiger partial charge is 0.182 e. The summed E-state index contributed by atoms with van der Waals surface area (Å²) >= 11 is 0. The largest absolute Gasteiger partial charge is 0.507 e. The van der Waals surface area contributed by atoms with Gasteiger partial charge in [0.1, 0.15) is 5.75 Å². The van der Waals surface area contributed by atoms with Crippen LogP contribution in [0.2, 0.25) is 0 Å². The van der Waals surface area contributed by atoms with Crippen molar-refractivity contribution < 1.29 is 35.7 Å². The van der Waals surface area contributed by atoms with Gasteiger partial charge in [-0.05, 0) is 12.1 Å². The molecule has 90 valence electrons. The maximum atomic E-state index is 9.43. The number of hydrogen-bond acceptors (Lipinski definition) is 7. The molecule has 0 aliphatic carbocycles. The van der Waals surface area contributed by atoms with E-state index in [0.717, 1.165) is 12.1 Å². The third kappa shape index (κ3) is 2.47. The third-order valence-electron chi connectivity index (χ3n) is 2.05. The molecule has 7 nitrogen and oxygen atoms in total. The molecular weight excluding hydrogens is 220 g/mol. The summed E-state index contributed by atoms with van der Waals surface area (Å²) in [5.74, 6) is -0.727. The normalized spacial score (nSPS) is 11.8. The first-order chi connectivity index (χ1) is 7.34. The Hall–Kier alpha value is -1.22. The van der Waals surface area contributed by atoms with Gasteiger partial charge in [-0.3, -0.25) is 0 Å². The number of hydrogen-bond donors (Lipinski definition) is 7. The molecular formula is C9H12O7. The summed E-state index contributed by atoms with van der Waals surface area (Å²) in [5, 5.41) is 62.7. The lowest BCUT2D eigenvalue weighted by Gasteiger charge is -2.15. The van der Waals surface area contributed by atoms with E-state index in [0.29, 0.717) is 0 Å². The van der Waals surface area contributed by atoms with Gasteiger partial charge in [0.2, 0.25) is 0 Å². The van der Waals surface area contributed by atoms with E-state index in [2.05, 4.69) is 0 Å². The lowest BCUT2D eigenvalue weighted by molar-refractivity contribution is -0.0544. The van der Waals surface area contributed by atoms with Crippen LogP contribution in [-0.4, -0.2) is 35.7 Å². The van der Waals surface area contributed by atoms with Crippen molar-refractivity contribution in [2.75, 3.05) is 0 Å². The number of aliphatic hydroxyl groups is 6. The molecule has 0 atom stereocenters. The van der Waals surface area contributed by atoms with Gasteiger partial charge in [0.05, 0.1) is 11.1 Å². The fourth-order valence-electron chi connectivity index (χ4n) is 1.25. The number of aliphatic hydroxyl groups excluding tert-OH is 3. The van der Waals surface area contributed by atoms with Crippen molar-refractivity contribution >= 4 is 0 Å². The molecule has 0 bridgehead atoms. The summed E-state index contributed by atoms with van der Waals surface area (Å²) in [7, 11) is 0. The molecule has 1 aromatic carbocycles. The van der Waals surface area contributed by atoms with E-state index in [1.54, 1.807) is 0 Å². The van der Waals surface area contributed by atoms with Crippen molar-refractivity contribution in [2.24, 2.45) is 0 Å². The number of aromatic hydroxyl groups is 1. The third-order valence-corrected chi connectivity index (χ3v) is 2.05. The molecule has 0 spiro atoms. The molecule has 0 saturated carbocycles. The molecule has 1 rings (SSSR count). The van der Waals surface area contributed by atoms with Crippen molar-refractivity contribution in [3.8, 4) is 5.75 Å². The molecule has 7 N–H and O–H groups in total. The summed E-state index contributed by atoms with van der Waals surface area (Å²) in [6.07, 6.45) is -6.08. The number of benzene rings is 1. The van der Waals surface area contributed by atoms with Crippen LogP contribution in [0.5, 0.6) is 5.75 Å². The lowest BCUT2D eigenvalue weighted by Crippen LogP contribution is -2.06. The van der Waals surface area contributed by atoms with E-state index < -0.39 is 35.7 Å². The Morgan fingerprint density at radius 2 is 1.06 bits per heavy atom. The van der Waals surface area contributed by atoms with Crippen LogP contribution in [0.25, 0.3) is 0 Å². The predicted octanol–water partition coefficient (Wildman–Crippen LogP) is -1.66. The van der Waals surface area contributed by atoms with E-state index >= 15 is 0 Å². The molecule has 16 heavy (non-hydrogen) atoms. The minimum atomic E-state index is -2.07. The van der Waals surface area contributed by atoms with Crippen molar-refractivity contribution in [1.29, 1.82) is 0 Å². The summed E-state index contributed by atoms with van der Waals surface area (Å²) < 4.78 is 0. The van der Waals surface area contributed by atoms with Crippen LogP contribution in [0.3, 0.4) is 0 Å². The van der Waals surface area contributed by atoms with E-state index in [-0.39, 0.29) is 5.56 Å². The first-order valence-corrected chi connectivity index (χ1v) is 4.29. The highest BCUT2D eigenvalue weighted by molar-refractivity contribution is 5.45. The average molecular weight is 232 g/mol. The minimum absolute atomic E-state index is 0.205. The quantitative estimate of drug-likeness (QED) is 0.309. The Morgan fingerprint density at radius 1 is 0.688 bits per heavy atom. The molecule has 0 amide bonds. The zero-order valence-corrected chi connectivity index (χ0v) is 8.02. The Morgan fingerprint density at radius 3 is 1.31 bits per heavy atom. The average Bonchev–Trinajstić information content (AvgIpc) is 2.16. The van der Waals surface area contributed by atoms with Gasteiger partial charge in [0, 0.05) is 5.56 Å². The molecule has 0 heterocycles. The lowest BCUT2D eigenvalue weighted by atomic mass is 10.0. The molecule has 0 saturated heterocycles. The summed E-state index contributed by atoms with van der Waals surface area (Å²) in [4.78, 5) is 0. The topological polar surface area (TPSA) is 142 Å². The van der Waals surface area contributed by atoms with Crippen LogP contribution in [0.1, 0.15) is 35.6 Å². The Labute approximate surface area is 90.1 Å². The first kappa shape index (κ1) is 12.8. The SMILES string of the molecule is Oc1c(C(O)O)cc(C(O)O)cc1C(O)O. The second kappa shape index (κ2) is 4.74. The van der Waals surface area contributed by atoms with Gasteiger partial charge < -0.3 is 35.7 Å². The maximum absolute atomic E-state index is 9.43. The Balaban J connectivity index is 3.39. The van der Waals surface area contributed by atoms with Gasteiger partial charge in [-0.2, -0.15) is 0 Å². The van der Waals surface area contributed by atoms with Crippen molar-refractivity contribution in [3.05, 3.63) is 28.8 Å². The minimum Gasteiger partial charge on any atom is -0.507 e. The fraction of sp³-hybridized carbons (Fsp3) is 0.333. The van der Waals surface area contributed by atoms with Gasteiger partial charge >= 0.3 is 0 Å². The van der Waals surface area contributed by atoms with Gasteiger partial charge in [0.15, 0.2) is 18.9 Å². The van der Waals surface area contributed by atoms with Crippen LogP contribution in [0.15, 0.2) is 12.1 Å². The molecule has 7 heteroatoms. The van der Waals surface area contributed by atoms with Gasteiger partial charge in [-0.15, -0.1) is 0 Å². The highest BCUT2D eigenvalue weighted by Crippen LogP contribution is 2.33. The monoisotopic (exact) mass is 232 g/mol. The second-order valence-corrected chi connectivity index (χ2v) is 3.17. The van der Waals surface area contributed by atoms with Gasteiger partial charge in [-0.1, -0.05) is 0 Å². The van der Waals surface area contributed by atoms with E-state index in [1.807, 2.05) is 0 Å². The zero-order valence-electron chi connectivity index (χ0n) is 8.02. The molecule has 0 aromatic heterocycles. The highest BCUT2D eigenvalue weighted by atomic mass is 16.5. The van der Waals surface area contributed by atoms with Crippen molar-refractivity contribution in [1.82, 2.24) is 0 Å². The summed E-state index contributed by atoms with van der Waals surface area (Å²) in [6, 6.07) is 1.85. The van der Waals surface area contributed by atoms with E-state index in [1.165, 1.54) is 0 Å². The Bertz CT molecular complexity index is 343. The fourth-order valence-corrected chi connectivity index (χ4v) is 1.25. The van der Waals surface area contributed by atoms with Gasteiger partial charge in [0.25, 0.3) is 0 Å². The molecule has 0 fully saturated rings. The Kier molecular flexibility index (Phi) is 3.81. The van der Waals surface area contributed by atoms with Crippen LogP contribution in [0, 0.1) is 0 Å². The van der Waals surface area contributed by atoms with Gasteiger partial charge in [-0.25, -0.2) is 0 Å². The first-order valence-electron chi connectivity index (χ1n) is 4.29. The van der Waals surface area contributed by atoms with E-state index in [4.69, 9.17) is 30.6 Å². The van der Waals surface area contributed by atoms with Crippen LogP contribution < -0.4 is 0 Å². The predicted molar refractivity (Wildman–Crippen MR) is 49.6 cm³/mol. The highest BCUT2D eigenvalue weighted by Gasteiger charge is 2.20. The number of rotatable bonds is 3. The summed E-state index contributed by atoms with van der Waals surface area (Å²) in [5.41, 5.74) is -1.11. The van der Waals surface area contributed by atoms with Crippen LogP contribution in [0.4, 0.5) is 0 Å². The van der Waals surface area contributed by atoms with Crippen LogP contribution >= 0.6 is 0 Å².